The molecule has 0 aliphatic carbocycles. The van der Waals surface area contributed by atoms with Crippen LogP contribution in [0.25, 0.3) is 0 Å². The molecule has 0 saturated carbocycles. The fraction of sp³-hybridized carbons (Fsp3) is 0.600. The first kappa shape index (κ1) is 13.4. The predicted octanol–water partition coefficient (Wildman–Crippen LogP) is 2.69. The van der Waals surface area contributed by atoms with Crippen molar-refractivity contribution in [3.8, 4) is 0 Å². The lowest BCUT2D eigenvalue weighted by Crippen LogP contribution is -2.52. The van der Waals surface area contributed by atoms with E-state index in [-0.39, 0.29) is 5.54 Å². The van der Waals surface area contributed by atoms with Gasteiger partial charge in [0.1, 0.15) is 0 Å². The van der Waals surface area contributed by atoms with E-state index in [1.165, 1.54) is 5.56 Å². The maximum atomic E-state index is 6.02. The lowest BCUT2D eigenvalue weighted by atomic mass is 9.85. The molecule has 0 amide bonds. The average Bonchev–Trinajstić information content (AvgIpc) is 2.39. The van der Waals surface area contributed by atoms with Gasteiger partial charge in [-0.3, -0.25) is 0 Å². The first-order valence-corrected chi connectivity index (χ1v) is 6.84. The quantitative estimate of drug-likeness (QED) is 0.861. The molecule has 0 spiro atoms. The molecule has 18 heavy (non-hydrogen) atoms. The molecule has 0 aromatic heterocycles. The molecule has 2 unspecified atom stereocenters. The molecule has 0 bridgehead atoms. The Balaban J connectivity index is 2.12. The summed E-state index contributed by atoms with van der Waals surface area (Å²) >= 11 is 0. The molecule has 3 heteroatoms. The number of hydrogen-bond acceptors (Lipinski definition) is 3. The van der Waals surface area contributed by atoms with Gasteiger partial charge in [0.15, 0.2) is 0 Å². The fourth-order valence-electron chi connectivity index (χ4n) is 2.66. The van der Waals surface area contributed by atoms with Gasteiger partial charge in [-0.05, 0) is 43.9 Å². The van der Waals surface area contributed by atoms with Crippen LogP contribution in [-0.4, -0.2) is 24.8 Å². The third-order valence-electron chi connectivity index (χ3n) is 3.83. The second-order valence-corrected chi connectivity index (χ2v) is 5.33. The third kappa shape index (κ3) is 3.03. The Morgan fingerprint density at radius 1 is 1.50 bits per heavy atom. The van der Waals surface area contributed by atoms with Crippen LogP contribution in [0.1, 0.15) is 31.7 Å². The number of benzene rings is 1. The summed E-state index contributed by atoms with van der Waals surface area (Å²) in [6, 6.07) is 8.48. The lowest BCUT2D eigenvalue weighted by molar-refractivity contribution is -0.0125. The van der Waals surface area contributed by atoms with E-state index in [0.717, 1.165) is 31.6 Å². The van der Waals surface area contributed by atoms with Crippen molar-refractivity contribution in [1.82, 2.24) is 0 Å². The fourth-order valence-corrected chi connectivity index (χ4v) is 2.66. The monoisotopic (exact) mass is 248 g/mol. The van der Waals surface area contributed by atoms with E-state index in [4.69, 9.17) is 10.5 Å². The third-order valence-corrected chi connectivity index (χ3v) is 3.83. The van der Waals surface area contributed by atoms with Crippen LogP contribution in [-0.2, 0) is 4.74 Å². The molecule has 1 heterocycles. The van der Waals surface area contributed by atoms with Crippen molar-refractivity contribution >= 4 is 5.69 Å². The van der Waals surface area contributed by atoms with Crippen molar-refractivity contribution in [2.24, 2.45) is 5.73 Å². The first-order chi connectivity index (χ1) is 8.67. The maximum absolute atomic E-state index is 6.02. The number of hydrogen-bond donors (Lipinski definition) is 2. The number of nitrogens with one attached hydrogen (secondary N) is 1. The van der Waals surface area contributed by atoms with Crippen LogP contribution in [0.2, 0.25) is 0 Å². The molecule has 100 valence electrons. The van der Waals surface area contributed by atoms with Gasteiger partial charge in [-0.25, -0.2) is 0 Å². The largest absolute Gasteiger partial charge is 0.378 e. The number of aryl methyl sites for hydroxylation is 1. The molecule has 1 aliphatic rings. The van der Waals surface area contributed by atoms with Gasteiger partial charge >= 0.3 is 0 Å². The number of ether oxygens (including phenoxy) is 1. The molecule has 1 fully saturated rings. The van der Waals surface area contributed by atoms with Crippen molar-refractivity contribution < 1.29 is 4.74 Å². The summed E-state index contributed by atoms with van der Waals surface area (Å²) in [5.74, 6) is 0. The van der Waals surface area contributed by atoms with Crippen molar-refractivity contribution in [2.75, 3.05) is 18.5 Å². The Kier molecular flexibility index (Phi) is 4.25. The van der Waals surface area contributed by atoms with Gasteiger partial charge in [-0.2, -0.15) is 0 Å². The van der Waals surface area contributed by atoms with E-state index >= 15 is 0 Å². The van der Waals surface area contributed by atoms with E-state index in [2.05, 4.69) is 43.4 Å². The summed E-state index contributed by atoms with van der Waals surface area (Å²) < 4.78 is 5.75. The maximum Gasteiger partial charge on any atom is 0.0595 e. The molecular formula is C15H24N2O. The Morgan fingerprint density at radius 3 is 3.00 bits per heavy atom. The van der Waals surface area contributed by atoms with Crippen LogP contribution >= 0.6 is 0 Å². The van der Waals surface area contributed by atoms with Crippen molar-refractivity contribution in [3.63, 3.8) is 0 Å². The lowest BCUT2D eigenvalue weighted by Gasteiger charge is -2.41. The van der Waals surface area contributed by atoms with Gasteiger partial charge in [0, 0.05) is 18.8 Å². The standard InChI is InChI=1S/C15H24N2O/c1-3-14-10-15(11-16,7-8-18-14)17-13-6-4-5-12(2)9-13/h4-6,9,14,17H,3,7-8,10-11,16H2,1-2H3. The van der Waals surface area contributed by atoms with Crippen LogP contribution in [0.3, 0.4) is 0 Å². The van der Waals surface area contributed by atoms with E-state index in [9.17, 15) is 0 Å². The number of nitrogens with two attached hydrogens (primary N) is 1. The van der Waals surface area contributed by atoms with Crippen LogP contribution in [0.5, 0.6) is 0 Å². The van der Waals surface area contributed by atoms with Crippen LogP contribution in [0.15, 0.2) is 24.3 Å². The van der Waals surface area contributed by atoms with Gasteiger partial charge < -0.3 is 15.8 Å². The molecular weight excluding hydrogens is 224 g/mol. The molecule has 3 nitrogen and oxygen atoms in total. The van der Waals surface area contributed by atoms with Gasteiger partial charge in [-0.1, -0.05) is 19.1 Å². The van der Waals surface area contributed by atoms with Gasteiger partial charge in [0.2, 0.25) is 0 Å². The molecule has 1 aromatic rings. The summed E-state index contributed by atoms with van der Waals surface area (Å²) in [6.45, 7) is 5.73. The summed E-state index contributed by atoms with van der Waals surface area (Å²) in [5.41, 5.74) is 8.45. The molecule has 3 N–H and O–H groups in total. The highest BCUT2D eigenvalue weighted by molar-refractivity contribution is 5.48. The van der Waals surface area contributed by atoms with E-state index < -0.39 is 0 Å². The molecule has 2 atom stereocenters. The van der Waals surface area contributed by atoms with Gasteiger partial charge in [0.05, 0.1) is 11.6 Å². The van der Waals surface area contributed by atoms with Crippen molar-refractivity contribution in [1.29, 1.82) is 0 Å². The summed E-state index contributed by atoms with van der Waals surface area (Å²) in [5, 5.41) is 3.64. The normalized spacial score (nSPS) is 28.1. The molecule has 1 saturated heterocycles. The highest BCUT2D eigenvalue weighted by Crippen LogP contribution is 2.29. The Hall–Kier alpha value is -1.06. The Bertz CT molecular complexity index is 394. The van der Waals surface area contributed by atoms with Crippen LogP contribution in [0.4, 0.5) is 5.69 Å². The van der Waals surface area contributed by atoms with Crippen molar-refractivity contribution in [3.05, 3.63) is 29.8 Å². The first-order valence-electron chi connectivity index (χ1n) is 6.84. The molecule has 2 rings (SSSR count). The van der Waals surface area contributed by atoms with Gasteiger partial charge in [0.25, 0.3) is 0 Å². The van der Waals surface area contributed by atoms with E-state index in [1.807, 2.05) is 0 Å². The highest BCUT2D eigenvalue weighted by atomic mass is 16.5. The summed E-state index contributed by atoms with van der Waals surface area (Å²) in [4.78, 5) is 0. The topological polar surface area (TPSA) is 47.3 Å². The zero-order valence-corrected chi connectivity index (χ0v) is 11.4. The molecule has 1 aromatic carbocycles. The zero-order valence-electron chi connectivity index (χ0n) is 11.4. The Labute approximate surface area is 110 Å². The van der Waals surface area contributed by atoms with Crippen molar-refractivity contribution in [2.45, 2.75) is 44.8 Å². The Morgan fingerprint density at radius 2 is 2.33 bits per heavy atom. The number of anilines is 1. The second-order valence-electron chi connectivity index (χ2n) is 5.33. The van der Waals surface area contributed by atoms with Crippen LogP contribution in [0, 0.1) is 6.92 Å². The summed E-state index contributed by atoms with van der Waals surface area (Å²) in [7, 11) is 0. The van der Waals surface area contributed by atoms with E-state index in [1.54, 1.807) is 0 Å². The predicted molar refractivity (Wildman–Crippen MR) is 75.9 cm³/mol. The highest BCUT2D eigenvalue weighted by Gasteiger charge is 2.35. The summed E-state index contributed by atoms with van der Waals surface area (Å²) in [6.07, 6.45) is 3.36. The molecule has 0 radical (unpaired) electrons. The zero-order chi connectivity index (χ0) is 13.0. The smallest absolute Gasteiger partial charge is 0.0595 e. The minimum Gasteiger partial charge on any atom is -0.378 e. The SMILES string of the molecule is CCC1CC(CN)(Nc2cccc(C)c2)CCO1. The molecule has 1 aliphatic heterocycles. The minimum absolute atomic E-state index is 0.00722. The van der Waals surface area contributed by atoms with E-state index in [0.29, 0.717) is 12.6 Å². The number of rotatable bonds is 4. The van der Waals surface area contributed by atoms with Gasteiger partial charge in [-0.15, -0.1) is 0 Å². The second kappa shape index (κ2) is 5.72. The average molecular weight is 248 g/mol. The minimum atomic E-state index is -0.00722. The van der Waals surface area contributed by atoms with Crippen LogP contribution < -0.4 is 11.1 Å².